The zero-order chi connectivity index (χ0) is 10.5. The summed E-state index contributed by atoms with van der Waals surface area (Å²) in [5.74, 6) is 2.84. The van der Waals surface area contributed by atoms with Crippen LogP contribution in [0.15, 0.2) is 0 Å². The summed E-state index contributed by atoms with van der Waals surface area (Å²) in [5, 5.41) is 12.8. The first-order chi connectivity index (χ1) is 7.40. The van der Waals surface area contributed by atoms with Gasteiger partial charge in [-0.05, 0) is 31.4 Å². The van der Waals surface area contributed by atoms with Crippen LogP contribution in [0.25, 0.3) is 0 Å². The Balaban J connectivity index is 1.83. The molecule has 1 saturated carbocycles. The van der Waals surface area contributed by atoms with Gasteiger partial charge >= 0.3 is 0 Å². The standard InChI is InChI=1S/C12H20N2S/c13-8-10-4-1-2-6-12(10)14-11-5-3-7-15-9-11/h10-12,14H,1-7,9H2. The predicted octanol–water partition coefficient (Wildman–Crippen LogP) is 2.55. The average Bonchev–Trinajstić information content (AvgIpc) is 2.31. The fourth-order valence-electron chi connectivity index (χ4n) is 2.66. The van der Waals surface area contributed by atoms with Crippen molar-refractivity contribution in [3.8, 4) is 6.07 Å². The summed E-state index contributed by atoms with van der Waals surface area (Å²) in [7, 11) is 0. The molecule has 1 N–H and O–H groups in total. The maximum Gasteiger partial charge on any atom is 0.0672 e. The van der Waals surface area contributed by atoms with Crippen LogP contribution < -0.4 is 5.32 Å². The van der Waals surface area contributed by atoms with Crippen molar-refractivity contribution >= 4 is 11.8 Å². The van der Waals surface area contributed by atoms with E-state index in [2.05, 4.69) is 23.1 Å². The smallest absolute Gasteiger partial charge is 0.0672 e. The molecule has 2 fully saturated rings. The van der Waals surface area contributed by atoms with Crippen LogP contribution in [-0.2, 0) is 0 Å². The van der Waals surface area contributed by atoms with E-state index in [1.165, 1.54) is 43.6 Å². The lowest BCUT2D eigenvalue weighted by atomic mass is 9.85. The van der Waals surface area contributed by atoms with Crippen molar-refractivity contribution in [1.82, 2.24) is 5.32 Å². The van der Waals surface area contributed by atoms with E-state index in [0.717, 1.165) is 6.42 Å². The van der Waals surface area contributed by atoms with Gasteiger partial charge in [0.25, 0.3) is 0 Å². The molecule has 0 radical (unpaired) electrons. The summed E-state index contributed by atoms with van der Waals surface area (Å²) in [5.41, 5.74) is 0. The van der Waals surface area contributed by atoms with Gasteiger partial charge in [0.15, 0.2) is 0 Å². The number of hydrogen-bond donors (Lipinski definition) is 1. The third-order valence-corrected chi connectivity index (χ3v) is 4.76. The molecule has 3 heteroatoms. The molecule has 84 valence electrons. The lowest BCUT2D eigenvalue weighted by Gasteiger charge is -2.33. The fraction of sp³-hybridized carbons (Fsp3) is 0.917. The monoisotopic (exact) mass is 224 g/mol. The molecule has 0 aromatic rings. The summed E-state index contributed by atoms with van der Waals surface area (Å²) >= 11 is 2.06. The van der Waals surface area contributed by atoms with Gasteiger partial charge in [-0.25, -0.2) is 0 Å². The minimum atomic E-state index is 0.269. The number of thioether (sulfide) groups is 1. The van der Waals surface area contributed by atoms with Crippen LogP contribution in [0.2, 0.25) is 0 Å². The molecule has 0 amide bonds. The van der Waals surface area contributed by atoms with Crippen molar-refractivity contribution in [3.63, 3.8) is 0 Å². The third-order valence-electron chi connectivity index (χ3n) is 3.54. The first-order valence-electron chi connectivity index (χ1n) is 6.13. The van der Waals surface area contributed by atoms with Gasteiger partial charge < -0.3 is 5.32 Å². The number of nitriles is 1. The molecule has 0 aromatic carbocycles. The van der Waals surface area contributed by atoms with Gasteiger partial charge in [-0.2, -0.15) is 17.0 Å². The van der Waals surface area contributed by atoms with Gasteiger partial charge in [0.1, 0.15) is 0 Å². The summed E-state index contributed by atoms with van der Waals surface area (Å²) in [6, 6.07) is 3.62. The first-order valence-corrected chi connectivity index (χ1v) is 7.29. The Hall–Kier alpha value is -0.200. The molecule has 1 aliphatic heterocycles. The van der Waals surface area contributed by atoms with Crippen molar-refractivity contribution in [1.29, 1.82) is 5.26 Å². The Morgan fingerprint density at radius 2 is 2.00 bits per heavy atom. The molecule has 3 atom stereocenters. The summed E-state index contributed by atoms with van der Waals surface area (Å²) in [6.07, 6.45) is 7.51. The fourth-order valence-corrected chi connectivity index (χ4v) is 3.74. The topological polar surface area (TPSA) is 35.8 Å². The molecule has 3 unspecified atom stereocenters. The van der Waals surface area contributed by atoms with Gasteiger partial charge in [-0.1, -0.05) is 12.8 Å². The Morgan fingerprint density at radius 1 is 1.13 bits per heavy atom. The molecule has 2 nitrogen and oxygen atoms in total. The molecular formula is C12H20N2S. The maximum absolute atomic E-state index is 9.10. The Labute approximate surface area is 96.8 Å². The first kappa shape index (κ1) is 11.3. The molecule has 0 bridgehead atoms. The molecule has 1 aliphatic carbocycles. The number of nitrogens with one attached hydrogen (secondary N) is 1. The van der Waals surface area contributed by atoms with E-state index in [1.54, 1.807) is 0 Å². The SMILES string of the molecule is N#CC1CCCCC1NC1CCCSC1. The number of hydrogen-bond acceptors (Lipinski definition) is 3. The van der Waals surface area contributed by atoms with Crippen LogP contribution in [0, 0.1) is 17.2 Å². The van der Waals surface area contributed by atoms with E-state index >= 15 is 0 Å². The summed E-state index contributed by atoms with van der Waals surface area (Å²) in [4.78, 5) is 0. The molecule has 2 aliphatic rings. The average molecular weight is 224 g/mol. The van der Waals surface area contributed by atoms with Crippen LogP contribution in [0.1, 0.15) is 38.5 Å². The number of nitrogens with zero attached hydrogens (tertiary/aromatic N) is 1. The van der Waals surface area contributed by atoms with Crippen molar-refractivity contribution in [3.05, 3.63) is 0 Å². The highest BCUT2D eigenvalue weighted by Gasteiger charge is 2.27. The Morgan fingerprint density at radius 3 is 2.73 bits per heavy atom. The lowest BCUT2D eigenvalue weighted by molar-refractivity contribution is 0.286. The third kappa shape index (κ3) is 3.12. The molecule has 1 heterocycles. The maximum atomic E-state index is 9.10. The Bertz CT molecular complexity index is 230. The van der Waals surface area contributed by atoms with Gasteiger partial charge in [0, 0.05) is 17.8 Å². The lowest BCUT2D eigenvalue weighted by Crippen LogP contribution is -2.46. The van der Waals surface area contributed by atoms with Crippen molar-refractivity contribution in [2.45, 2.75) is 50.6 Å². The van der Waals surface area contributed by atoms with Gasteiger partial charge in [0.05, 0.1) is 12.0 Å². The predicted molar refractivity (Wildman–Crippen MR) is 64.8 cm³/mol. The highest BCUT2D eigenvalue weighted by molar-refractivity contribution is 7.99. The number of rotatable bonds is 2. The summed E-state index contributed by atoms with van der Waals surface area (Å²) in [6.45, 7) is 0. The summed E-state index contributed by atoms with van der Waals surface area (Å²) < 4.78 is 0. The van der Waals surface area contributed by atoms with E-state index < -0.39 is 0 Å². The van der Waals surface area contributed by atoms with E-state index in [1.807, 2.05) is 0 Å². The second-order valence-corrected chi connectivity index (χ2v) is 5.86. The van der Waals surface area contributed by atoms with Crippen LogP contribution >= 0.6 is 11.8 Å². The van der Waals surface area contributed by atoms with Crippen molar-refractivity contribution < 1.29 is 0 Å². The minimum Gasteiger partial charge on any atom is -0.309 e. The molecule has 0 spiro atoms. The van der Waals surface area contributed by atoms with E-state index in [9.17, 15) is 0 Å². The van der Waals surface area contributed by atoms with Crippen LogP contribution in [-0.4, -0.2) is 23.6 Å². The van der Waals surface area contributed by atoms with E-state index in [0.29, 0.717) is 12.1 Å². The van der Waals surface area contributed by atoms with Gasteiger partial charge in [0.2, 0.25) is 0 Å². The largest absolute Gasteiger partial charge is 0.309 e. The quantitative estimate of drug-likeness (QED) is 0.783. The molecular weight excluding hydrogens is 204 g/mol. The van der Waals surface area contributed by atoms with Crippen LogP contribution in [0.5, 0.6) is 0 Å². The zero-order valence-electron chi connectivity index (χ0n) is 9.24. The minimum absolute atomic E-state index is 0.269. The molecule has 1 saturated heterocycles. The second-order valence-electron chi connectivity index (χ2n) is 4.71. The molecule has 15 heavy (non-hydrogen) atoms. The van der Waals surface area contributed by atoms with Crippen molar-refractivity contribution in [2.24, 2.45) is 5.92 Å². The van der Waals surface area contributed by atoms with Gasteiger partial charge in [-0.15, -0.1) is 0 Å². The zero-order valence-corrected chi connectivity index (χ0v) is 10.1. The van der Waals surface area contributed by atoms with Crippen LogP contribution in [0.4, 0.5) is 0 Å². The van der Waals surface area contributed by atoms with Crippen LogP contribution in [0.3, 0.4) is 0 Å². The Kier molecular flexibility index (Phi) is 4.34. The highest BCUT2D eigenvalue weighted by atomic mass is 32.2. The normalized spacial score (nSPS) is 37.1. The second kappa shape index (κ2) is 5.77. The van der Waals surface area contributed by atoms with E-state index in [4.69, 9.17) is 5.26 Å². The van der Waals surface area contributed by atoms with Gasteiger partial charge in [-0.3, -0.25) is 0 Å². The van der Waals surface area contributed by atoms with E-state index in [-0.39, 0.29) is 5.92 Å². The molecule has 0 aromatic heterocycles. The van der Waals surface area contributed by atoms with Crippen molar-refractivity contribution in [2.75, 3.05) is 11.5 Å². The molecule has 2 rings (SSSR count). The highest BCUT2D eigenvalue weighted by Crippen LogP contribution is 2.26.